The van der Waals surface area contributed by atoms with Gasteiger partial charge >= 0.3 is 0 Å². The van der Waals surface area contributed by atoms with Gasteiger partial charge < -0.3 is 10.5 Å². The third kappa shape index (κ3) is 2.20. The van der Waals surface area contributed by atoms with Crippen LogP contribution in [0.2, 0.25) is 0 Å². The summed E-state index contributed by atoms with van der Waals surface area (Å²) in [4.78, 5) is 3.97. The van der Waals surface area contributed by atoms with Crippen LogP contribution in [0.15, 0.2) is 48.8 Å². The smallest absolute Gasteiger partial charge is 0.119 e. The van der Waals surface area contributed by atoms with Crippen LogP contribution in [0.5, 0.6) is 5.75 Å². The third-order valence-electron chi connectivity index (χ3n) is 2.52. The molecule has 2 rings (SSSR count). The molecular weight excluding hydrogens is 200 g/mol. The van der Waals surface area contributed by atoms with E-state index in [2.05, 4.69) is 4.98 Å². The monoisotopic (exact) mass is 214 g/mol. The van der Waals surface area contributed by atoms with Crippen LogP contribution in [-0.4, -0.2) is 12.1 Å². The Hall–Kier alpha value is -1.87. The minimum Gasteiger partial charge on any atom is -0.497 e. The highest BCUT2D eigenvalue weighted by Gasteiger charge is 2.08. The summed E-state index contributed by atoms with van der Waals surface area (Å²) in [7, 11) is 1.65. The standard InChI is InChI=1S/C13H14N2O/c1-16-12-4-2-3-11(9-12)13(14)10-5-7-15-8-6-10/h2-9,13H,14H2,1H3. The molecule has 0 saturated carbocycles. The Kier molecular flexibility index (Phi) is 3.17. The molecule has 1 aromatic carbocycles. The first-order valence-corrected chi connectivity index (χ1v) is 5.10. The molecule has 1 unspecified atom stereocenters. The van der Waals surface area contributed by atoms with Crippen molar-refractivity contribution in [2.24, 2.45) is 5.73 Å². The molecule has 16 heavy (non-hydrogen) atoms. The molecule has 1 aromatic heterocycles. The molecule has 2 aromatic rings. The maximum absolute atomic E-state index is 6.16. The average molecular weight is 214 g/mol. The molecule has 0 spiro atoms. The normalized spacial score (nSPS) is 12.1. The van der Waals surface area contributed by atoms with Crippen LogP contribution in [0, 0.1) is 0 Å². The SMILES string of the molecule is COc1cccc(C(N)c2ccncc2)c1. The summed E-state index contributed by atoms with van der Waals surface area (Å²) in [5, 5.41) is 0. The molecule has 0 fully saturated rings. The van der Waals surface area contributed by atoms with E-state index in [1.165, 1.54) is 0 Å². The van der Waals surface area contributed by atoms with Gasteiger partial charge in [-0.3, -0.25) is 4.98 Å². The van der Waals surface area contributed by atoms with Gasteiger partial charge in [0.2, 0.25) is 0 Å². The second-order valence-corrected chi connectivity index (χ2v) is 3.53. The number of benzene rings is 1. The molecule has 0 saturated heterocycles. The van der Waals surface area contributed by atoms with E-state index in [1.807, 2.05) is 36.4 Å². The molecule has 3 nitrogen and oxygen atoms in total. The molecular formula is C13H14N2O. The number of nitrogens with two attached hydrogens (primary N) is 1. The highest BCUT2D eigenvalue weighted by molar-refractivity contribution is 5.35. The summed E-state index contributed by atoms with van der Waals surface area (Å²) in [6.07, 6.45) is 3.49. The Morgan fingerprint density at radius 3 is 2.56 bits per heavy atom. The van der Waals surface area contributed by atoms with Crippen molar-refractivity contribution < 1.29 is 4.74 Å². The Balaban J connectivity index is 2.30. The maximum Gasteiger partial charge on any atom is 0.119 e. The molecule has 0 aliphatic heterocycles. The minimum absolute atomic E-state index is 0.141. The lowest BCUT2D eigenvalue weighted by molar-refractivity contribution is 0.414. The van der Waals surface area contributed by atoms with Crippen molar-refractivity contribution in [3.8, 4) is 5.75 Å². The van der Waals surface area contributed by atoms with Crippen LogP contribution in [0.25, 0.3) is 0 Å². The molecule has 1 heterocycles. The molecule has 0 aliphatic rings. The fourth-order valence-electron chi connectivity index (χ4n) is 1.60. The number of ether oxygens (including phenoxy) is 1. The average Bonchev–Trinajstić information content (AvgIpc) is 2.39. The Labute approximate surface area is 94.9 Å². The highest BCUT2D eigenvalue weighted by atomic mass is 16.5. The zero-order chi connectivity index (χ0) is 11.4. The van der Waals surface area contributed by atoms with Crippen molar-refractivity contribution in [1.29, 1.82) is 0 Å². The Morgan fingerprint density at radius 2 is 1.88 bits per heavy atom. The van der Waals surface area contributed by atoms with Crippen molar-refractivity contribution in [3.05, 3.63) is 59.9 Å². The van der Waals surface area contributed by atoms with E-state index in [-0.39, 0.29) is 6.04 Å². The molecule has 82 valence electrons. The van der Waals surface area contributed by atoms with Gasteiger partial charge in [-0.2, -0.15) is 0 Å². The highest BCUT2D eigenvalue weighted by Crippen LogP contribution is 2.22. The van der Waals surface area contributed by atoms with Gasteiger partial charge in [-0.25, -0.2) is 0 Å². The van der Waals surface area contributed by atoms with E-state index < -0.39 is 0 Å². The number of methoxy groups -OCH3 is 1. The molecule has 1 atom stereocenters. The van der Waals surface area contributed by atoms with Gasteiger partial charge in [0.1, 0.15) is 5.75 Å². The molecule has 2 N–H and O–H groups in total. The van der Waals surface area contributed by atoms with Crippen molar-refractivity contribution in [3.63, 3.8) is 0 Å². The topological polar surface area (TPSA) is 48.1 Å². The van der Waals surface area contributed by atoms with Crippen LogP contribution < -0.4 is 10.5 Å². The lowest BCUT2D eigenvalue weighted by Gasteiger charge is -2.13. The number of nitrogens with zero attached hydrogens (tertiary/aromatic N) is 1. The quantitative estimate of drug-likeness (QED) is 0.851. The summed E-state index contributed by atoms with van der Waals surface area (Å²) in [6.45, 7) is 0. The van der Waals surface area contributed by atoms with Gasteiger partial charge in [0, 0.05) is 12.4 Å². The summed E-state index contributed by atoms with van der Waals surface area (Å²) in [5.41, 5.74) is 8.23. The van der Waals surface area contributed by atoms with Gasteiger partial charge in [-0.15, -0.1) is 0 Å². The van der Waals surface area contributed by atoms with Gasteiger partial charge in [-0.1, -0.05) is 12.1 Å². The van der Waals surface area contributed by atoms with E-state index in [0.717, 1.165) is 16.9 Å². The van der Waals surface area contributed by atoms with E-state index in [0.29, 0.717) is 0 Å². The molecule has 0 bridgehead atoms. The van der Waals surface area contributed by atoms with Gasteiger partial charge in [0.15, 0.2) is 0 Å². The Morgan fingerprint density at radius 1 is 1.12 bits per heavy atom. The molecule has 0 aliphatic carbocycles. The van der Waals surface area contributed by atoms with E-state index in [9.17, 15) is 0 Å². The number of hydrogen-bond acceptors (Lipinski definition) is 3. The van der Waals surface area contributed by atoms with Crippen molar-refractivity contribution >= 4 is 0 Å². The first kappa shape index (κ1) is 10.6. The van der Waals surface area contributed by atoms with Gasteiger partial charge in [0.05, 0.1) is 13.2 Å². The molecule has 3 heteroatoms. The summed E-state index contributed by atoms with van der Waals surface area (Å²) in [6, 6.07) is 11.5. The number of hydrogen-bond donors (Lipinski definition) is 1. The van der Waals surface area contributed by atoms with E-state index in [1.54, 1.807) is 19.5 Å². The van der Waals surface area contributed by atoms with Crippen LogP contribution in [0.3, 0.4) is 0 Å². The van der Waals surface area contributed by atoms with Crippen molar-refractivity contribution in [1.82, 2.24) is 4.98 Å². The largest absolute Gasteiger partial charge is 0.497 e. The second-order valence-electron chi connectivity index (χ2n) is 3.53. The summed E-state index contributed by atoms with van der Waals surface area (Å²) < 4.78 is 5.17. The van der Waals surface area contributed by atoms with E-state index in [4.69, 9.17) is 10.5 Å². The predicted molar refractivity (Wildman–Crippen MR) is 63.3 cm³/mol. The predicted octanol–water partition coefficient (Wildman–Crippen LogP) is 2.14. The summed E-state index contributed by atoms with van der Waals surface area (Å²) in [5.74, 6) is 0.821. The number of pyridine rings is 1. The molecule has 0 radical (unpaired) electrons. The second kappa shape index (κ2) is 4.77. The molecule has 0 amide bonds. The van der Waals surface area contributed by atoms with Crippen LogP contribution in [0.4, 0.5) is 0 Å². The minimum atomic E-state index is -0.141. The Bertz CT molecular complexity index is 456. The van der Waals surface area contributed by atoms with Crippen molar-refractivity contribution in [2.45, 2.75) is 6.04 Å². The third-order valence-corrected chi connectivity index (χ3v) is 2.52. The number of aromatic nitrogens is 1. The van der Waals surface area contributed by atoms with Crippen LogP contribution in [-0.2, 0) is 0 Å². The zero-order valence-electron chi connectivity index (χ0n) is 9.13. The lowest BCUT2D eigenvalue weighted by atomic mass is 10.0. The van der Waals surface area contributed by atoms with E-state index >= 15 is 0 Å². The fraction of sp³-hybridized carbons (Fsp3) is 0.154. The van der Waals surface area contributed by atoms with Gasteiger partial charge in [-0.05, 0) is 35.4 Å². The van der Waals surface area contributed by atoms with Crippen LogP contribution >= 0.6 is 0 Å². The zero-order valence-corrected chi connectivity index (χ0v) is 9.13. The first-order valence-electron chi connectivity index (χ1n) is 5.10. The summed E-state index contributed by atoms with van der Waals surface area (Å²) >= 11 is 0. The van der Waals surface area contributed by atoms with Gasteiger partial charge in [0.25, 0.3) is 0 Å². The first-order chi connectivity index (χ1) is 7.81. The maximum atomic E-state index is 6.16. The van der Waals surface area contributed by atoms with Crippen molar-refractivity contribution in [2.75, 3.05) is 7.11 Å². The lowest BCUT2D eigenvalue weighted by Crippen LogP contribution is -2.11. The number of rotatable bonds is 3. The fourth-order valence-corrected chi connectivity index (χ4v) is 1.60. The van der Waals surface area contributed by atoms with Crippen LogP contribution in [0.1, 0.15) is 17.2 Å².